The van der Waals surface area contributed by atoms with Crippen LogP contribution in [-0.4, -0.2) is 36.1 Å². The van der Waals surface area contributed by atoms with Gasteiger partial charge in [-0.1, -0.05) is 6.07 Å². The van der Waals surface area contributed by atoms with Crippen molar-refractivity contribution in [2.75, 3.05) is 26.2 Å². The van der Waals surface area contributed by atoms with E-state index in [0.717, 1.165) is 34.8 Å². The van der Waals surface area contributed by atoms with Gasteiger partial charge in [-0.2, -0.15) is 0 Å². The first kappa shape index (κ1) is 16.8. The number of thiophene rings is 1. The van der Waals surface area contributed by atoms with Crippen molar-refractivity contribution < 1.29 is 4.42 Å². The summed E-state index contributed by atoms with van der Waals surface area (Å²) in [4.78, 5) is 8.21. The summed E-state index contributed by atoms with van der Waals surface area (Å²) in [7, 11) is 0. The standard InChI is InChI=1S/C14H17N3OS.2ClH/c1-2-13(19-3-1)14-16-12(9-18-14)8-17-6-10-4-15-5-11(10)7-17;;/h1-3,9-11,15H,4-8H2;2*1H/t10-,11+;;. The highest BCUT2D eigenvalue weighted by atomic mass is 35.5. The molecule has 0 spiro atoms. The van der Waals surface area contributed by atoms with E-state index in [0.29, 0.717) is 0 Å². The van der Waals surface area contributed by atoms with E-state index in [1.54, 1.807) is 17.6 Å². The van der Waals surface area contributed by atoms with Gasteiger partial charge in [0.1, 0.15) is 6.26 Å². The Hall–Kier alpha value is -0.590. The molecule has 2 aromatic heterocycles. The van der Waals surface area contributed by atoms with Crippen LogP contribution in [0, 0.1) is 11.8 Å². The molecular weight excluding hydrogens is 329 g/mol. The summed E-state index contributed by atoms with van der Waals surface area (Å²) >= 11 is 1.67. The molecule has 0 amide bonds. The Balaban J connectivity index is 0.000000807. The maximum atomic E-state index is 5.57. The van der Waals surface area contributed by atoms with Crippen LogP contribution >= 0.6 is 36.2 Å². The highest BCUT2D eigenvalue weighted by molar-refractivity contribution is 7.13. The highest BCUT2D eigenvalue weighted by Gasteiger charge is 2.36. The molecular formula is C14H19Cl2N3OS. The quantitative estimate of drug-likeness (QED) is 0.926. The summed E-state index contributed by atoms with van der Waals surface area (Å²) in [6.45, 7) is 5.67. The van der Waals surface area contributed by atoms with E-state index in [-0.39, 0.29) is 24.8 Å². The van der Waals surface area contributed by atoms with Gasteiger partial charge in [0.25, 0.3) is 0 Å². The molecule has 1 N–H and O–H groups in total. The molecule has 4 rings (SSSR count). The third-order valence-electron chi connectivity index (χ3n) is 4.13. The van der Waals surface area contributed by atoms with Crippen LogP contribution in [-0.2, 0) is 6.54 Å². The summed E-state index contributed by atoms with van der Waals surface area (Å²) < 4.78 is 5.57. The number of nitrogens with zero attached hydrogens (tertiary/aromatic N) is 2. The van der Waals surface area contributed by atoms with Gasteiger partial charge in [-0.15, -0.1) is 36.2 Å². The topological polar surface area (TPSA) is 41.3 Å². The van der Waals surface area contributed by atoms with Crippen LogP contribution in [0.2, 0.25) is 0 Å². The second kappa shape index (κ2) is 7.11. The van der Waals surface area contributed by atoms with Crippen LogP contribution in [0.3, 0.4) is 0 Å². The highest BCUT2D eigenvalue weighted by Crippen LogP contribution is 2.28. The predicted molar refractivity (Wildman–Crippen MR) is 89.4 cm³/mol. The average Bonchev–Trinajstić information content (AvgIpc) is 3.12. The fraction of sp³-hybridized carbons (Fsp3) is 0.500. The third-order valence-corrected chi connectivity index (χ3v) is 4.99. The molecule has 2 saturated heterocycles. The minimum Gasteiger partial charge on any atom is -0.444 e. The number of fused-ring (bicyclic) bond motifs is 1. The molecule has 21 heavy (non-hydrogen) atoms. The van der Waals surface area contributed by atoms with Gasteiger partial charge >= 0.3 is 0 Å². The molecule has 2 aliphatic heterocycles. The van der Waals surface area contributed by atoms with Crippen LogP contribution in [0.4, 0.5) is 0 Å². The van der Waals surface area contributed by atoms with Crippen molar-refractivity contribution in [2.24, 2.45) is 11.8 Å². The van der Waals surface area contributed by atoms with E-state index in [9.17, 15) is 0 Å². The van der Waals surface area contributed by atoms with E-state index in [1.165, 1.54) is 26.2 Å². The second-order valence-electron chi connectivity index (χ2n) is 5.49. The normalized spacial score (nSPS) is 24.4. The molecule has 0 saturated carbocycles. The minimum absolute atomic E-state index is 0. The van der Waals surface area contributed by atoms with Crippen LogP contribution in [0.5, 0.6) is 0 Å². The Labute approximate surface area is 140 Å². The zero-order valence-corrected chi connectivity index (χ0v) is 14.0. The maximum Gasteiger partial charge on any atom is 0.236 e. The van der Waals surface area contributed by atoms with Crippen molar-refractivity contribution in [3.8, 4) is 10.8 Å². The Bertz CT molecular complexity index is 548. The molecule has 0 unspecified atom stereocenters. The third kappa shape index (κ3) is 3.43. The summed E-state index contributed by atoms with van der Waals surface area (Å²) in [5.74, 6) is 2.43. The number of rotatable bonds is 3. The first-order valence-electron chi connectivity index (χ1n) is 6.80. The lowest BCUT2D eigenvalue weighted by molar-refractivity contribution is 0.302. The molecule has 4 heterocycles. The van der Waals surface area contributed by atoms with Crippen molar-refractivity contribution in [2.45, 2.75) is 6.54 Å². The first-order valence-corrected chi connectivity index (χ1v) is 7.68. The van der Waals surface area contributed by atoms with E-state index in [1.807, 2.05) is 17.5 Å². The molecule has 7 heteroatoms. The fourth-order valence-corrected chi connectivity index (χ4v) is 3.86. The monoisotopic (exact) mass is 347 g/mol. The smallest absolute Gasteiger partial charge is 0.236 e. The number of nitrogens with one attached hydrogen (secondary N) is 1. The lowest BCUT2D eigenvalue weighted by atomic mass is 10.0. The Morgan fingerprint density at radius 3 is 2.71 bits per heavy atom. The van der Waals surface area contributed by atoms with Gasteiger partial charge < -0.3 is 9.73 Å². The number of hydrogen-bond donors (Lipinski definition) is 1. The lowest BCUT2D eigenvalue weighted by Gasteiger charge is -2.14. The van der Waals surface area contributed by atoms with Crippen molar-refractivity contribution >= 4 is 36.2 Å². The van der Waals surface area contributed by atoms with Gasteiger partial charge in [-0.05, 0) is 36.4 Å². The summed E-state index contributed by atoms with van der Waals surface area (Å²) in [5, 5.41) is 5.52. The van der Waals surface area contributed by atoms with Gasteiger partial charge in [-0.25, -0.2) is 4.98 Å². The van der Waals surface area contributed by atoms with E-state index >= 15 is 0 Å². The number of likely N-dealkylation sites (tertiary alicyclic amines) is 1. The maximum absolute atomic E-state index is 5.57. The van der Waals surface area contributed by atoms with Gasteiger partial charge in [-0.3, -0.25) is 4.90 Å². The molecule has 2 aliphatic rings. The van der Waals surface area contributed by atoms with Crippen LogP contribution < -0.4 is 5.32 Å². The van der Waals surface area contributed by atoms with Crippen molar-refractivity contribution in [1.29, 1.82) is 0 Å². The van der Waals surface area contributed by atoms with Crippen molar-refractivity contribution in [3.63, 3.8) is 0 Å². The molecule has 2 aromatic rings. The average molecular weight is 348 g/mol. The fourth-order valence-electron chi connectivity index (χ4n) is 3.20. The van der Waals surface area contributed by atoms with Crippen LogP contribution in [0.15, 0.2) is 28.2 Å². The zero-order valence-electron chi connectivity index (χ0n) is 11.5. The molecule has 0 bridgehead atoms. The van der Waals surface area contributed by atoms with E-state index < -0.39 is 0 Å². The Morgan fingerprint density at radius 2 is 2.05 bits per heavy atom. The SMILES string of the molecule is Cl.Cl.c1csc(-c2nc(CN3C[C@H]4CNC[C@H]4C3)co2)c1. The lowest BCUT2D eigenvalue weighted by Crippen LogP contribution is -2.25. The molecule has 0 radical (unpaired) electrons. The largest absolute Gasteiger partial charge is 0.444 e. The van der Waals surface area contributed by atoms with E-state index in [4.69, 9.17) is 4.42 Å². The van der Waals surface area contributed by atoms with Crippen molar-refractivity contribution in [1.82, 2.24) is 15.2 Å². The van der Waals surface area contributed by atoms with E-state index in [2.05, 4.69) is 15.2 Å². The van der Waals surface area contributed by atoms with Gasteiger partial charge in [0.15, 0.2) is 0 Å². The number of oxazole rings is 1. The first-order chi connectivity index (χ1) is 9.38. The predicted octanol–water partition coefficient (Wildman–Crippen LogP) is 2.90. The molecule has 4 nitrogen and oxygen atoms in total. The summed E-state index contributed by atoms with van der Waals surface area (Å²) in [5.41, 5.74) is 1.05. The van der Waals surface area contributed by atoms with Gasteiger partial charge in [0, 0.05) is 19.6 Å². The Kier molecular flexibility index (Phi) is 5.68. The number of aromatic nitrogens is 1. The van der Waals surface area contributed by atoms with Crippen LogP contribution in [0.25, 0.3) is 10.8 Å². The summed E-state index contributed by atoms with van der Waals surface area (Å²) in [6, 6.07) is 4.07. The van der Waals surface area contributed by atoms with Crippen LogP contribution in [0.1, 0.15) is 5.69 Å². The zero-order chi connectivity index (χ0) is 12.7. The molecule has 116 valence electrons. The molecule has 0 aliphatic carbocycles. The second-order valence-corrected chi connectivity index (χ2v) is 6.44. The van der Waals surface area contributed by atoms with Crippen molar-refractivity contribution in [3.05, 3.63) is 29.5 Å². The molecule has 0 aromatic carbocycles. The minimum atomic E-state index is 0. The number of hydrogen-bond acceptors (Lipinski definition) is 5. The van der Waals surface area contributed by atoms with Gasteiger partial charge in [0.2, 0.25) is 5.89 Å². The molecule has 2 fully saturated rings. The van der Waals surface area contributed by atoms with Gasteiger partial charge in [0.05, 0.1) is 10.6 Å². The summed E-state index contributed by atoms with van der Waals surface area (Å²) in [6.07, 6.45) is 1.81. The molecule has 2 atom stereocenters. The Morgan fingerprint density at radius 1 is 1.29 bits per heavy atom. The number of halogens is 2.